The third-order valence-corrected chi connectivity index (χ3v) is 1.83. The van der Waals surface area contributed by atoms with Crippen LogP contribution in [0.1, 0.15) is 13.3 Å². The van der Waals surface area contributed by atoms with Crippen LogP contribution in [-0.2, 0) is 33.4 Å². The first kappa shape index (κ1) is 17.3. The Labute approximate surface area is 115 Å². The Balaban J connectivity index is 0.000000388. The maximum absolute atomic E-state index is 10.8. The Bertz CT molecular complexity index is 481. The molecule has 0 unspecified atom stereocenters. The number of rotatable bonds is 3. The molecule has 1 rings (SSSR count). The highest BCUT2D eigenvalue weighted by molar-refractivity contribution is 6.05. The molecule has 0 spiro atoms. The predicted octanol–water partition coefficient (Wildman–Crippen LogP) is 0.808. The predicted molar refractivity (Wildman–Crippen MR) is 66.9 cm³/mol. The molecule has 0 amide bonds. The van der Waals surface area contributed by atoms with Crippen LogP contribution in [0.3, 0.4) is 0 Å². The van der Waals surface area contributed by atoms with Crippen molar-refractivity contribution >= 4 is 23.9 Å². The van der Waals surface area contributed by atoms with Gasteiger partial charge in [0, 0.05) is 11.1 Å². The van der Waals surface area contributed by atoms with E-state index in [0.29, 0.717) is 0 Å². The zero-order valence-corrected chi connectivity index (χ0v) is 11.2. The first-order valence-corrected chi connectivity index (χ1v) is 5.26. The van der Waals surface area contributed by atoms with Crippen LogP contribution in [0.4, 0.5) is 0 Å². The van der Waals surface area contributed by atoms with E-state index in [1.165, 1.54) is 14.0 Å². The van der Waals surface area contributed by atoms with Gasteiger partial charge in [0.25, 0.3) is 0 Å². The van der Waals surface area contributed by atoms with Crippen molar-refractivity contribution in [1.82, 2.24) is 0 Å². The summed E-state index contributed by atoms with van der Waals surface area (Å²) < 4.78 is 12.8. The van der Waals surface area contributed by atoms with Crippen molar-refractivity contribution in [2.45, 2.75) is 13.3 Å². The average molecular weight is 282 g/mol. The largest absolute Gasteiger partial charge is 0.463 e. The van der Waals surface area contributed by atoms with Crippen LogP contribution < -0.4 is 0 Å². The Kier molecular flexibility index (Phi) is 6.64. The lowest BCUT2D eigenvalue weighted by molar-refractivity contribution is -0.151. The number of esters is 4. The molecule has 108 valence electrons. The van der Waals surface area contributed by atoms with Crippen LogP contribution in [0.5, 0.6) is 0 Å². The zero-order chi connectivity index (χ0) is 15.9. The molecule has 0 aromatic carbocycles. The summed E-state index contributed by atoms with van der Waals surface area (Å²) in [6, 6.07) is 0. The molecular formula is C13H14O7. The third-order valence-electron chi connectivity index (χ3n) is 1.83. The van der Waals surface area contributed by atoms with Gasteiger partial charge in [0.05, 0.1) is 13.5 Å². The molecule has 0 bridgehead atoms. The van der Waals surface area contributed by atoms with E-state index in [-0.39, 0.29) is 23.3 Å². The van der Waals surface area contributed by atoms with Crippen LogP contribution in [0.15, 0.2) is 36.6 Å². The molecule has 0 aromatic heterocycles. The average Bonchev–Trinajstić information content (AvgIpc) is 2.65. The number of methoxy groups -OCH3 is 1. The van der Waals surface area contributed by atoms with Crippen LogP contribution >= 0.6 is 0 Å². The molecule has 1 aliphatic rings. The van der Waals surface area contributed by atoms with Crippen LogP contribution in [0.2, 0.25) is 0 Å². The van der Waals surface area contributed by atoms with Gasteiger partial charge >= 0.3 is 23.9 Å². The van der Waals surface area contributed by atoms with E-state index >= 15 is 0 Å². The molecule has 0 aromatic rings. The summed E-state index contributed by atoms with van der Waals surface area (Å²) in [4.78, 5) is 41.8. The molecule has 0 saturated carbocycles. The number of cyclic esters (lactones) is 2. The van der Waals surface area contributed by atoms with Crippen LogP contribution in [0, 0.1) is 0 Å². The van der Waals surface area contributed by atoms with Gasteiger partial charge in [-0.05, 0) is 13.5 Å². The topological polar surface area (TPSA) is 96.0 Å². The lowest BCUT2D eigenvalue weighted by atomic mass is 10.3. The van der Waals surface area contributed by atoms with E-state index in [1.807, 2.05) is 0 Å². The van der Waals surface area contributed by atoms with Gasteiger partial charge in [-0.3, -0.25) is 4.79 Å². The van der Waals surface area contributed by atoms with Crippen molar-refractivity contribution in [3.8, 4) is 0 Å². The molecule has 0 N–H and O–H groups in total. The lowest BCUT2D eigenvalue weighted by Crippen LogP contribution is -2.12. The van der Waals surface area contributed by atoms with Gasteiger partial charge in [-0.25, -0.2) is 14.4 Å². The van der Waals surface area contributed by atoms with Crippen LogP contribution in [-0.4, -0.2) is 31.0 Å². The minimum atomic E-state index is -0.774. The summed E-state index contributed by atoms with van der Waals surface area (Å²) in [6.07, 6.45) is 0.0544. The Morgan fingerprint density at radius 1 is 1.20 bits per heavy atom. The minimum absolute atomic E-state index is 0.0544. The number of hydrogen-bond donors (Lipinski definition) is 0. The molecule has 1 heterocycles. The number of ether oxygens (including phenoxy) is 3. The highest BCUT2D eigenvalue weighted by atomic mass is 16.6. The highest BCUT2D eigenvalue weighted by Crippen LogP contribution is 2.10. The molecule has 1 fully saturated rings. The van der Waals surface area contributed by atoms with Gasteiger partial charge in [0.15, 0.2) is 0 Å². The van der Waals surface area contributed by atoms with E-state index in [0.717, 1.165) is 0 Å². The summed E-state index contributed by atoms with van der Waals surface area (Å²) in [7, 11) is 1.17. The number of hydrogen-bond acceptors (Lipinski definition) is 7. The summed E-state index contributed by atoms with van der Waals surface area (Å²) in [5, 5.41) is 0. The minimum Gasteiger partial charge on any atom is -0.463 e. The quantitative estimate of drug-likeness (QED) is 0.248. The SMILES string of the molecule is C=C(C)C(=O)OC(=C)C(=O)OC.C=C1CC(=O)OC1=O. The van der Waals surface area contributed by atoms with Crippen molar-refractivity contribution < 1.29 is 33.4 Å². The second-order valence-electron chi connectivity index (χ2n) is 3.63. The fourth-order valence-corrected chi connectivity index (χ4v) is 0.813. The highest BCUT2D eigenvalue weighted by Gasteiger charge is 2.24. The second kappa shape index (κ2) is 7.67. The molecule has 0 radical (unpaired) electrons. The normalized spacial score (nSPS) is 12.8. The molecule has 0 atom stereocenters. The maximum atomic E-state index is 10.8. The monoisotopic (exact) mass is 282 g/mol. The Morgan fingerprint density at radius 2 is 1.75 bits per heavy atom. The van der Waals surface area contributed by atoms with Gasteiger partial charge in [-0.1, -0.05) is 13.2 Å². The van der Waals surface area contributed by atoms with E-state index < -0.39 is 23.9 Å². The molecule has 20 heavy (non-hydrogen) atoms. The molecule has 1 saturated heterocycles. The molecule has 1 aliphatic heterocycles. The van der Waals surface area contributed by atoms with Crippen molar-refractivity contribution in [2.75, 3.05) is 7.11 Å². The van der Waals surface area contributed by atoms with E-state index in [1.54, 1.807) is 0 Å². The zero-order valence-electron chi connectivity index (χ0n) is 11.2. The summed E-state index contributed by atoms with van der Waals surface area (Å²) in [5.41, 5.74) is 0.440. The fourth-order valence-electron chi connectivity index (χ4n) is 0.813. The first-order chi connectivity index (χ1) is 9.18. The van der Waals surface area contributed by atoms with E-state index in [9.17, 15) is 19.2 Å². The van der Waals surface area contributed by atoms with Gasteiger partial charge in [-0.15, -0.1) is 0 Å². The fraction of sp³-hybridized carbons (Fsp3) is 0.231. The van der Waals surface area contributed by atoms with Gasteiger partial charge in [0.2, 0.25) is 5.76 Å². The Morgan fingerprint density at radius 3 is 2.00 bits per heavy atom. The van der Waals surface area contributed by atoms with Crippen molar-refractivity contribution in [3.63, 3.8) is 0 Å². The van der Waals surface area contributed by atoms with Crippen LogP contribution in [0.25, 0.3) is 0 Å². The first-order valence-electron chi connectivity index (χ1n) is 5.26. The lowest BCUT2D eigenvalue weighted by Gasteiger charge is -2.03. The van der Waals surface area contributed by atoms with Gasteiger partial charge in [-0.2, -0.15) is 0 Å². The molecule has 7 heteroatoms. The van der Waals surface area contributed by atoms with Gasteiger partial charge in [0.1, 0.15) is 0 Å². The maximum Gasteiger partial charge on any atom is 0.373 e. The smallest absolute Gasteiger partial charge is 0.373 e. The standard InChI is InChI=1S/C8H10O4.C5H4O3/c1-5(2)7(9)12-6(3)8(10)11-4;1-3-2-4(6)8-5(3)7/h1,3H2,2,4H3;1-2H2. The van der Waals surface area contributed by atoms with E-state index in [2.05, 4.69) is 33.9 Å². The second-order valence-corrected chi connectivity index (χ2v) is 3.63. The van der Waals surface area contributed by atoms with Crippen molar-refractivity contribution in [3.05, 3.63) is 36.6 Å². The van der Waals surface area contributed by atoms with Crippen molar-refractivity contribution in [1.29, 1.82) is 0 Å². The molecular weight excluding hydrogens is 268 g/mol. The Hall–Kier alpha value is -2.70. The molecule has 7 nitrogen and oxygen atoms in total. The number of carbonyl (C=O) groups excluding carboxylic acids is 4. The summed E-state index contributed by atoms with van der Waals surface area (Å²) in [6.45, 7) is 11.3. The van der Waals surface area contributed by atoms with Crippen molar-refractivity contribution in [2.24, 2.45) is 0 Å². The van der Waals surface area contributed by atoms with Gasteiger partial charge < -0.3 is 14.2 Å². The number of carbonyl (C=O) groups is 4. The molecule has 0 aliphatic carbocycles. The summed E-state index contributed by atoms with van der Waals surface area (Å²) in [5.74, 6) is -2.89. The summed E-state index contributed by atoms with van der Waals surface area (Å²) >= 11 is 0. The van der Waals surface area contributed by atoms with E-state index in [4.69, 9.17) is 0 Å². The third kappa shape index (κ3) is 5.76.